The largest absolute Gasteiger partial charge is 0.378 e. The fourth-order valence-corrected chi connectivity index (χ4v) is 2.50. The minimum atomic E-state index is -0.262. The Balaban J connectivity index is 0.00000242. The second-order valence-corrected chi connectivity index (χ2v) is 5.78. The van der Waals surface area contributed by atoms with E-state index in [9.17, 15) is 4.79 Å². The lowest BCUT2D eigenvalue weighted by molar-refractivity contribution is -0.119. The molecule has 2 rings (SSSR count). The molecule has 0 bridgehead atoms. The van der Waals surface area contributed by atoms with Crippen molar-refractivity contribution >= 4 is 53.7 Å². The summed E-state index contributed by atoms with van der Waals surface area (Å²) in [5.41, 5.74) is 7.37. The van der Waals surface area contributed by atoms with Gasteiger partial charge in [0.25, 0.3) is 0 Å². The Morgan fingerprint density at radius 1 is 1.30 bits per heavy atom. The molecular weight excluding hydrogens is 361 g/mol. The number of nitrogens with one attached hydrogen (secondary N) is 1. The number of halogens is 3. The quantitative estimate of drug-likeness (QED) is 0.837. The maximum atomic E-state index is 12.2. The summed E-state index contributed by atoms with van der Waals surface area (Å²) >= 11 is 6.33. The molecule has 0 spiro atoms. The monoisotopic (exact) mass is 383 g/mol. The van der Waals surface area contributed by atoms with Gasteiger partial charge < -0.3 is 20.7 Å². The fraction of sp³-hybridized carbons (Fsp3) is 0.533. The van der Waals surface area contributed by atoms with Gasteiger partial charge in [-0.15, -0.1) is 24.8 Å². The van der Waals surface area contributed by atoms with E-state index < -0.39 is 0 Å². The predicted molar refractivity (Wildman–Crippen MR) is 100 cm³/mol. The summed E-state index contributed by atoms with van der Waals surface area (Å²) in [7, 11) is 0. The van der Waals surface area contributed by atoms with E-state index in [2.05, 4.69) is 10.2 Å². The Hall–Kier alpha value is -0.720. The first kappa shape index (κ1) is 22.3. The van der Waals surface area contributed by atoms with Gasteiger partial charge in [-0.05, 0) is 19.1 Å². The van der Waals surface area contributed by atoms with Crippen molar-refractivity contribution in [1.29, 1.82) is 0 Å². The van der Waals surface area contributed by atoms with Crippen LogP contribution < -0.4 is 16.0 Å². The molecule has 0 aromatic heterocycles. The van der Waals surface area contributed by atoms with Crippen LogP contribution in [0.2, 0.25) is 5.02 Å². The zero-order valence-corrected chi connectivity index (χ0v) is 15.6. The highest BCUT2D eigenvalue weighted by Crippen LogP contribution is 2.34. The maximum Gasteiger partial charge on any atom is 0.228 e. The van der Waals surface area contributed by atoms with Crippen molar-refractivity contribution in [3.8, 4) is 0 Å². The van der Waals surface area contributed by atoms with Crippen LogP contribution in [0.15, 0.2) is 18.2 Å². The van der Waals surface area contributed by atoms with E-state index in [1.54, 1.807) is 0 Å². The van der Waals surface area contributed by atoms with Gasteiger partial charge in [0.1, 0.15) is 0 Å². The van der Waals surface area contributed by atoms with E-state index in [4.69, 9.17) is 22.1 Å². The molecule has 3 N–H and O–H groups in total. The molecular formula is C15H24Cl3N3O2. The lowest BCUT2D eigenvalue weighted by atomic mass is 10.0. The normalized spacial score (nSPS) is 16.6. The average Bonchev–Trinajstić information content (AvgIpc) is 2.47. The summed E-state index contributed by atoms with van der Waals surface area (Å²) in [6, 6.07) is 5.33. The van der Waals surface area contributed by atoms with E-state index in [0.717, 1.165) is 24.5 Å². The zero-order valence-electron chi connectivity index (χ0n) is 13.3. The number of benzene rings is 1. The number of amides is 1. The second kappa shape index (κ2) is 10.2. The number of hydrogen-bond acceptors (Lipinski definition) is 4. The van der Waals surface area contributed by atoms with Crippen molar-refractivity contribution < 1.29 is 9.53 Å². The Kier molecular flexibility index (Phi) is 9.89. The Morgan fingerprint density at radius 3 is 2.48 bits per heavy atom. The Morgan fingerprint density at radius 2 is 1.91 bits per heavy atom. The van der Waals surface area contributed by atoms with Gasteiger partial charge in [-0.25, -0.2) is 0 Å². The highest BCUT2D eigenvalue weighted by atomic mass is 35.5. The molecule has 5 nitrogen and oxygen atoms in total. The first-order chi connectivity index (χ1) is 10.0. The van der Waals surface area contributed by atoms with Gasteiger partial charge in [0, 0.05) is 19.1 Å². The molecule has 132 valence electrons. The molecule has 8 heteroatoms. The molecule has 1 aromatic rings. The standard InChI is InChI=1S/C15H22ClN3O2.2ClH/c1-10(11(2)17)15(20)18-13-5-3-4-12(16)14(13)19-6-8-21-9-7-19;;/h3-5,10-11H,6-9,17H2,1-2H3,(H,18,20);2*1H. The van der Waals surface area contributed by atoms with Gasteiger partial charge in [0.2, 0.25) is 5.91 Å². The fourth-order valence-electron chi connectivity index (χ4n) is 2.21. The minimum Gasteiger partial charge on any atom is -0.378 e. The molecule has 2 atom stereocenters. The smallest absolute Gasteiger partial charge is 0.228 e. The molecule has 1 aromatic carbocycles. The lowest BCUT2D eigenvalue weighted by Gasteiger charge is -2.31. The molecule has 1 fully saturated rings. The van der Waals surface area contributed by atoms with Gasteiger partial charge in [-0.2, -0.15) is 0 Å². The van der Waals surface area contributed by atoms with E-state index in [-0.39, 0.29) is 42.7 Å². The van der Waals surface area contributed by atoms with Crippen LogP contribution in [0.4, 0.5) is 11.4 Å². The molecule has 1 heterocycles. The van der Waals surface area contributed by atoms with Crippen LogP contribution in [0.5, 0.6) is 0 Å². The number of rotatable bonds is 4. The number of hydrogen-bond donors (Lipinski definition) is 2. The summed E-state index contributed by atoms with van der Waals surface area (Å²) in [5, 5.41) is 3.57. The predicted octanol–water partition coefficient (Wildman–Crippen LogP) is 2.94. The molecule has 1 amide bonds. The summed E-state index contributed by atoms with van der Waals surface area (Å²) < 4.78 is 5.36. The molecule has 1 aliphatic rings. The first-order valence-electron chi connectivity index (χ1n) is 7.18. The first-order valence-corrected chi connectivity index (χ1v) is 7.56. The van der Waals surface area contributed by atoms with Gasteiger partial charge in [0.05, 0.1) is 35.5 Å². The van der Waals surface area contributed by atoms with Crippen molar-refractivity contribution in [3.63, 3.8) is 0 Å². The highest BCUT2D eigenvalue weighted by Gasteiger charge is 2.22. The van der Waals surface area contributed by atoms with Crippen molar-refractivity contribution in [2.75, 3.05) is 36.5 Å². The number of carbonyl (C=O) groups excluding carboxylic acids is 1. The zero-order chi connectivity index (χ0) is 15.4. The summed E-state index contributed by atoms with van der Waals surface area (Å²) in [6.45, 7) is 6.48. The number of nitrogens with zero attached hydrogens (tertiary/aromatic N) is 1. The van der Waals surface area contributed by atoms with Crippen molar-refractivity contribution in [1.82, 2.24) is 0 Å². The maximum absolute atomic E-state index is 12.2. The van der Waals surface area contributed by atoms with Crippen molar-refractivity contribution in [2.45, 2.75) is 19.9 Å². The number of anilines is 2. The van der Waals surface area contributed by atoms with Gasteiger partial charge in [-0.1, -0.05) is 24.6 Å². The average molecular weight is 385 g/mol. The van der Waals surface area contributed by atoms with Crippen LogP contribution in [0, 0.1) is 5.92 Å². The van der Waals surface area contributed by atoms with Crippen molar-refractivity contribution in [3.05, 3.63) is 23.2 Å². The van der Waals surface area contributed by atoms with Crippen LogP contribution in [-0.2, 0) is 9.53 Å². The van der Waals surface area contributed by atoms with Crippen LogP contribution >= 0.6 is 36.4 Å². The molecule has 1 aliphatic heterocycles. The Bertz CT molecular complexity index is 509. The number of para-hydroxylation sites is 1. The molecule has 0 aliphatic carbocycles. The SMILES string of the molecule is CC(N)C(C)C(=O)Nc1cccc(Cl)c1N1CCOCC1.Cl.Cl. The molecule has 1 saturated heterocycles. The molecule has 0 radical (unpaired) electrons. The minimum absolute atomic E-state index is 0. The number of ether oxygens (including phenoxy) is 1. The molecule has 23 heavy (non-hydrogen) atoms. The van der Waals surface area contributed by atoms with E-state index >= 15 is 0 Å². The van der Waals surface area contributed by atoms with E-state index in [1.165, 1.54) is 0 Å². The van der Waals surface area contributed by atoms with Crippen LogP contribution in [-0.4, -0.2) is 38.3 Å². The van der Waals surface area contributed by atoms with Gasteiger partial charge in [0.15, 0.2) is 0 Å². The molecule has 0 saturated carbocycles. The number of carbonyl (C=O) groups is 1. The highest BCUT2D eigenvalue weighted by molar-refractivity contribution is 6.34. The topological polar surface area (TPSA) is 67.6 Å². The van der Waals surface area contributed by atoms with Crippen molar-refractivity contribution in [2.24, 2.45) is 11.7 Å². The third-order valence-corrected chi connectivity index (χ3v) is 4.08. The lowest BCUT2D eigenvalue weighted by Crippen LogP contribution is -2.38. The van der Waals surface area contributed by atoms with Crippen LogP contribution in [0.1, 0.15) is 13.8 Å². The summed E-state index contributed by atoms with van der Waals surface area (Å²) in [4.78, 5) is 14.4. The third-order valence-electron chi connectivity index (χ3n) is 3.77. The van der Waals surface area contributed by atoms with Gasteiger partial charge in [-0.3, -0.25) is 4.79 Å². The second-order valence-electron chi connectivity index (χ2n) is 5.37. The Labute approximate surface area is 154 Å². The number of nitrogens with two attached hydrogens (primary N) is 1. The third kappa shape index (κ3) is 5.69. The van der Waals surface area contributed by atoms with E-state index in [0.29, 0.717) is 18.2 Å². The van der Waals surface area contributed by atoms with Crippen LogP contribution in [0.3, 0.4) is 0 Å². The summed E-state index contributed by atoms with van der Waals surface area (Å²) in [6.07, 6.45) is 0. The molecule has 2 unspecified atom stereocenters. The van der Waals surface area contributed by atoms with Crippen LogP contribution in [0.25, 0.3) is 0 Å². The number of morpholine rings is 1. The van der Waals surface area contributed by atoms with E-state index in [1.807, 2.05) is 32.0 Å². The summed E-state index contributed by atoms with van der Waals surface area (Å²) in [5.74, 6) is -0.358. The van der Waals surface area contributed by atoms with Gasteiger partial charge >= 0.3 is 0 Å².